The van der Waals surface area contributed by atoms with Gasteiger partial charge in [0, 0.05) is 0 Å². The van der Waals surface area contributed by atoms with Gasteiger partial charge in [0.1, 0.15) is 6.10 Å². The predicted molar refractivity (Wildman–Crippen MR) is 99.5 cm³/mol. The normalized spacial score (nSPS) is 13.0. The number of nitriles is 1. The zero-order valence-corrected chi connectivity index (χ0v) is 16.6. The summed E-state index contributed by atoms with van der Waals surface area (Å²) in [6.45, 7) is 8.95. The van der Waals surface area contributed by atoms with E-state index in [1.807, 2.05) is 0 Å². The van der Waals surface area contributed by atoms with Crippen LogP contribution in [0.25, 0.3) is 0 Å². The summed E-state index contributed by atoms with van der Waals surface area (Å²) in [6.07, 6.45) is 12.8. The monoisotopic (exact) mass is 325 g/mol. The predicted octanol–water partition coefficient (Wildman–Crippen LogP) is 6.82. The van der Waals surface area contributed by atoms with Crippen molar-refractivity contribution in [3.63, 3.8) is 0 Å². The maximum absolute atomic E-state index is 9.35. The second kappa shape index (κ2) is 14.3. The van der Waals surface area contributed by atoms with Gasteiger partial charge < -0.3 is 4.43 Å². The van der Waals surface area contributed by atoms with Crippen LogP contribution in [0, 0.1) is 11.3 Å². The molecule has 3 heteroatoms. The maximum atomic E-state index is 9.35. The van der Waals surface area contributed by atoms with E-state index in [9.17, 15) is 5.26 Å². The Labute approximate surface area is 140 Å². The van der Waals surface area contributed by atoms with Gasteiger partial charge >= 0.3 is 0 Å². The van der Waals surface area contributed by atoms with Crippen molar-refractivity contribution >= 4 is 8.32 Å². The van der Waals surface area contributed by atoms with Gasteiger partial charge in [0.25, 0.3) is 0 Å². The van der Waals surface area contributed by atoms with Gasteiger partial charge in [-0.3, -0.25) is 0 Å². The van der Waals surface area contributed by atoms with Gasteiger partial charge in [0.05, 0.1) is 6.07 Å². The molecule has 0 saturated carbocycles. The second-order valence-electron chi connectivity index (χ2n) is 6.60. The van der Waals surface area contributed by atoms with Crippen LogP contribution < -0.4 is 0 Å². The molecule has 22 heavy (non-hydrogen) atoms. The summed E-state index contributed by atoms with van der Waals surface area (Å²) in [7, 11) is -1.62. The molecule has 1 unspecified atom stereocenters. The Morgan fingerprint density at radius 1 is 0.773 bits per heavy atom. The van der Waals surface area contributed by atoms with Crippen LogP contribution in [0.1, 0.15) is 91.9 Å². The quantitative estimate of drug-likeness (QED) is 0.244. The van der Waals surface area contributed by atoms with Crippen molar-refractivity contribution in [2.24, 2.45) is 0 Å². The lowest BCUT2D eigenvalue weighted by Crippen LogP contribution is -2.39. The van der Waals surface area contributed by atoms with Crippen molar-refractivity contribution in [2.45, 2.75) is 116 Å². The molecule has 0 N–H and O–H groups in total. The summed E-state index contributed by atoms with van der Waals surface area (Å²) in [5.41, 5.74) is 0. The summed E-state index contributed by atoms with van der Waals surface area (Å²) in [4.78, 5) is 0. The molecule has 0 bridgehead atoms. The Kier molecular flexibility index (Phi) is 14.1. The van der Waals surface area contributed by atoms with Crippen LogP contribution in [-0.2, 0) is 4.43 Å². The third-order valence-electron chi connectivity index (χ3n) is 5.04. The molecule has 2 nitrogen and oxygen atoms in total. The van der Waals surface area contributed by atoms with E-state index < -0.39 is 8.32 Å². The summed E-state index contributed by atoms with van der Waals surface area (Å²) in [6, 6.07) is 5.80. The highest BCUT2D eigenvalue weighted by Crippen LogP contribution is 2.25. The fourth-order valence-electron chi connectivity index (χ4n) is 3.09. The second-order valence-corrected chi connectivity index (χ2v) is 11.3. The Hall–Kier alpha value is -0.333. The zero-order chi connectivity index (χ0) is 16.7. The molecule has 0 aromatic heterocycles. The topological polar surface area (TPSA) is 33.0 Å². The lowest BCUT2D eigenvalue weighted by atomic mass is 10.1. The first-order valence-corrected chi connectivity index (χ1v) is 12.3. The van der Waals surface area contributed by atoms with Crippen LogP contribution in [0.3, 0.4) is 0 Å². The molecule has 0 aliphatic rings. The SMILES string of the molecule is CCCCCCCCCCCC(C#N)O[Si](CC)(CC)CC. The molecule has 0 heterocycles. The molecule has 0 rings (SSSR count). The molecule has 0 amide bonds. The Morgan fingerprint density at radius 2 is 1.23 bits per heavy atom. The van der Waals surface area contributed by atoms with E-state index in [2.05, 4.69) is 33.8 Å². The molecule has 0 spiro atoms. The van der Waals surface area contributed by atoms with Crippen LogP contribution in [0.2, 0.25) is 18.1 Å². The van der Waals surface area contributed by atoms with E-state index in [0.29, 0.717) is 0 Å². The Balaban J connectivity index is 3.77. The van der Waals surface area contributed by atoms with Crippen molar-refractivity contribution < 1.29 is 4.43 Å². The first-order chi connectivity index (χ1) is 10.7. The van der Waals surface area contributed by atoms with Crippen molar-refractivity contribution in [2.75, 3.05) is 0 Å². The van der Waals surface area contributed by atoms with Gasteiger partial charge in [-0.05, 0) is 31.0 Å². The highest BCUT2D eigenvalue weighted by molar-refractivity contribution is 6.73. The molecule has 1 atom stereocenters. The van der Waals surface area contributed by atoms with Crippen LogP contribution in [0.5, 0.6) is 0 Å². The van der Waals surface area contributed by atoms with Gasteiger partial charge in [0.2, 0.25) is 0 Å². The van der Waals surface area contributed by atoms with Crippen LogP contribution in [-0.4, -0.2) is 14.4 Å². The van der Waals surface area contributed by atoms with E-state index in [4.69, 9.17) is 4.43 Å². The minimum Gasteiger partial charge on any atom is -0.401 e. The minimum atomic E-state index is -1.62. The number of nitrogens with zero attached hydrogens (tertiary/aromatic N) is 1. The minimum absolute atomic E-state index is 0.156. The van der Waals surface area contributed by atoms with Crippen molar-refractivity contribution in [3.05, 3.63) is 0 Å². The molecular formula is C19H39NOSi. The third kappa shape index (κ3) is 9.64. The highest BCUT2D eigenvalue weighted by atomic mass is 28.4. The summed E-state index contributed by atoms with van der Waals surface area (Å²) in [5.74, 6) is 0. The zero-order valence-electron chi connectivity index (χ0n) is 15.6. The third-order valence-corrected chi connectivity index (χ3v) is 9.69. The standard InChI is InChI=1S/C19H39NOSi/c1-5-9-10-11-12-13-14-15-16-17-19(18-20)21-22(6-2,7-3)8-4/h19H,5-17H2,1-4H3. The average Bonchev–Trinajstić information content (AvgIpc) is 2.56. The lowest BCUT2D eigenvalue weighted by molar-refractivity contribution is 0.224. The van der Waals surface area contributed by atoms with Gasteiger partial charge in [0.15, 0.2) is 8.32 Å². The van der Waals surface area contributed by atoms with Gasteiger partial charge in [-0.15, -0.1) is 0 Å². The van der Waals surface area contributed by atoms with E-state index in [-0.39, 0.29) is 6.10 Å². The first-order valence-electron chi connectivity index (χ1n) is 9.75. The van der Waals surface area contributed by atoms with Crippen LogP contribution in [0.4, 0.5) is 0 Å². The van der Waals surface area contributed by atoms with Crippen LogP contribution >= 0.6 is 0 Å². The Bertz CT molecular complexity index is 275. The summed E-state index contributed by atoms with van der Waals surface area (Å²) < 4.78 is 6.28. The molecule has 0 saturated heterocycles. The fraction of sp³-hybridized carbons (Fsp3) is 0.947. The molecule has 0 aromatic rings. The largest absolute Gasteiger partial charge is 0.401 e. The molecule has 0 aliphatic heterocycles. The lowest BCUT2D eigenvalue weighted by Gasteiger charge is -2.30. The summed E-state index contributed by atoms with van der Waals surface area (Å²) >= 11 is 0. The molecule has 0 aromatic carbocycles. The van der Waals surface area contributed by atoms with Crippen molar-refractivity contribution in [1.29, 1.82) is 5.26 Å². The highest BCUT2D eigenvalue weighted by Gasteiger charge is 2.31. The molecule has 130 valence electrons. The summed E-state index contributed by atoms with van der Waals surface area (Å²) in [5, 5.41) is 9.35. The molecule has 0 aliphatic carbocycles. The average molecular weight is 326 g/mol. The van der Waals surface area contributed by atoms with E-state index in [1.54, 1.807) is 0 Å². The number of rotatable bonds is 15. The smallest absolute Gasteiger partial charge is 0.193 e. The van der Waals surface area contributed by atoms with E-state index in [0.717, 1.165) is 31.0 Å². The van der Waals surface area contributed by atoms with E-state index in [1.165, 1.54) is 51.4 Å². The Morgan fingerprint density at radius 3 is 1.64 bits per heavy atom. The van der Waals surface area contributed by atoms with Crippen molar-refractivity contribution in [1.82, 2.24) is 0 Å². The van der Waals surface area contributed by atoms with Gasteiger partial charge in [-0.25, -0.2) is 0 Å². The number of unbranched alkanes of at least 4 members (excludes halogenated alkanes) is 8. The fourth-order valence-corrected chi connectivity index (χ4v) is 5.87. The van der Waals surface area contributed by atoms with E-state index >= 15 is 0 Å². The number of hydrogen-bond donors (Lipinski definition) is 0. The molecule has 0 fully saturated rings. The molecular weight excluding hydrogens is 286 g/mol. The maximum Gasteiger partial charge on any atom is 0.193 e. The molecule has 0 radical (unpaired) electrons. The van der Waals surface area contributed by atoms with Crippen molar-refractivity contribution in [3.8, 4) is 6.07 Å². The van der Waals surface area contributed by atoms with Gasteiger partial charge in [-0.1, -0.05) is 79.1 Å². The van der Waals surface area contributed by atoms with Crippen LogP contribution in [0.15, 0.2) is 0 Å². The van der Waals surface area contributed by atoms with Gasteiger partial charge in [-0.2, -0.15) is 5.26 Å². The number of hydrogen-bond acceptors (Lipinski definition) is 2. The first kappa shape index (κ1) is 21.7.